The summed E-state index contributed by atoms with van der Waals surface area (Å²) < 4.78 is 14.0. The quantitative estimate of drug-likeness (QED) is 0.769. The van der Waals surface area contributed by atoms with E-state index in [9.17, 15) is 4.39 Å². The van der Waals surface area contributed by atoms with Gasteiger partial charge in [0.05, 0.1) is 5.52 Å². The van der Waals surface area contributed by atoms with Crippen LogP contribution in [0.2, 0.25) is 0 Å². The monoisotopic (exact) mass is 292 g/mol. The number of nitrogens with one attached hydrogen (secondary N) is 1. The molecule has 0 atom stereocenters. The summed E-state index contributed by atoms with van der Waals surface area (Å²) in [5, 5.41) is 4.25. The molecule has 3 heteroatoms. The van der Waals surface area contributed by atoms with Crippen LogP contribution in [0.3, 0.4) is 0 Å². The van der Waals surface area contributed by atoms with E-state index in [0.29, 0.717) is 17.7 Å². The molecular weight excluding hydrogens is 275 g/mol. The summed E-state index contributed by atoms with van der Waals surface area (Å²) in [5.74, 6) is -0.162. The molecule has 1 heterocycles. The Bertz CT molecular complexity index is 840. The predicted octanol–water partition coefficient (Wildman–Crippen LogP) is 4.44. The second kappa shape index (κ2) is 5.98. The minimum atomic E-state index is -0.162. The minimum absolute atomic E-state index is 0.162. The molecule has 3 rings (SSSR count). The summed E-state index contributed by atoms with van der Waals surface area (Å²) in [4.78, 5) is 4.30. The van der Waals surface area contributed by atoms with Crippen LogP contribution >= 0.6 is 0 Å². The number of fused-ring (bicyclic) bond motifs is 1. The zero-order valence-corrected chi connectivity index (χ0v) is 12.4. The molecule has 0 unspecified atom stereocenters. The van der Waals surface area contributed by atoms with Gasteiger partial charge in [0.15, 0.2) is 0 Å². The van der Waals surface area contributed by atoms with Gasteiger partial charge >= 0.3 is 0 Å². The molecule has 0 bridgehead atoms. The number of nitrogens with zero attached hydrogens (tertiary/aromatic N) is 1. The minimum Gasteiger partial charge on any atom is -0.381 e. The van der Waals surface area contributed by atoms with E-state index in [1.54, 1.807) is 25.3 Å². The van der Waals surface area contributed by atoms with Gasteiger partial charge in [0.2, 0.25) is 0 Å². The molecule has 3 aromatic rings. The van der Waals surface area contributed by atoms with Crippen LogP contribution in [0.15, 0.2) is 61.3 Å². The average molecular weight is 292 g/mol. The maximum absolute atomic E-state index is 14.0. The highest BCUT2D eigenvalue weighted by Gasteiger charge is 2.06. The topological polar surface area (TPSA) is 24.9 Å². The molecule has 1 N–H and O–H groups in total. The summed E-state index contributed by atoms with van der Waals surface area (Å²) >= 11 is 0. The third-order valence-corrected chi connectivity index (χ3v) is 3.72. The van der Waals surface area contributed by atoms with Gasteiger partial charge in [0, 0.05) is 29.4 Å². The molecule has 0 radical (unpaired) electrons. The summed E-state index contributed by atoms with van der Waals surface area (Å²) in [5.41, 5.74) is 3.99. The zero-order valence-electron chi connectivity index (χ0n) is 12.4. The Kier molecular flexibility index (Phi) is 3.88. The number of benzene rings is 2. The van der Waals surface area contributed by atoms with Crippen LogP contribution in [-0.4, -0.2) is 4.98 Å². The van der Waals surface area contributed by atoms with Crippen LogP contribution in [0.5, 0.6) is 0 Å². The molecule has 1 aromatic heterocycles. The normalized spacial score (nSPS) is 10.6. The van der Waals surface area contributed by atoms with Gasteiger partial charge in [-0.25, -0.2) is 4.39 Å². The largest absolute Gasteiger partial charge is 0.381 e. The van der Waals surface area contributed by atoms with Crippen LogP contribution < -0.4 is 5.32 Å². The third-order valence-electron chi connectivity index (χ3n) is 3.72. The smallest absolute Gasteiger partial charge is 0.131 e. The molecule has 2 aromatic carbocycles. The van der Waals surface area contributed by atoms with Crippen molar-refractivity contribution in [3.63, 3.8) is 0 Å². The van der Waals surface area contributed by atoms with E-state index in [-0.39, 0.29) is 5.82 Å². The Morgan fingerprint density at radius 3 is 2.91 bits per heavy atom. The molecule has 110 valence electrons. The van der Waals surface area contributed by atoms with Crippen molar-refractivity contribution in [3.8, 4) is 0 Å². The fourth-order valence-corrected chi connectivity index (χ4v) is 2.41. The van der Waals surface area contributed by atoms with E-state index in [1.807, 2.05) is 36.4 Å². The van der Waals surface area contributed by atoms with Crippen LogP contribution in [0.4, 0.5) is 4.39 Å². The van der Waals surface area contributed by atoms with Gasteiger partial charge in [-0.3, -0.25) is 4.98 Å². The van der Waals surface area contributed by atoms with Crippen molar-refractivity contribution in [2.24, 2.45) is 0 Å². The summed E-state index contributed by atoms with van der Waals surface area (Å²) in [6, 6.07) is 15.3. The summed E-state index contributed by atoms with van der Waals surface area (Å²) in [7, 11) is 0. The molecule has 0 fully saturated rings. The molecule has 2 nitrogen and oxygen atoms in total. The van der Waals surface area contributed by atoms with Crippen molar-refractivity contribution in [2.75, 3.05) is 0 Å². The van der Waals surface area contributed by atoms with Gasteiger partial charge < -0.3 is 5.32 Å². The highest BCUT2D eigenvalue weighted by atomic mass is 19.1. The van der Waals surface area contributed by atoms with E-state index in [1.165, 1.54) is 0 Å². The number of pyridine rings is 1. The molecule has 0 saturated carbocycles. The highest BCUT2D eigenvalue weighted by molar-refractivity contribution is 5.82. The summed E-state index contributed by atoms with van der Waals surface area (Å²) in [6.45, 7) is 6.23. The SMILES string of the molecule is C=C(NCc1cccc(C)c1F)c1ccc2ncccc2c1. The Morgan fingerprint density at radius 2 is 2.05 bits per heavy atom. The first kappa shape index (κ1) is 14.3. The van der Waals surface area contributed by atoms with Gasteiger partial charge in [-0.15, -0.1) is 0 Å². The first-order chi connectivity index (χ1) is 10.6. The maximum Gasteiger partial charge on any atom is 0.131 e. The second-order valence-electron chi connectivity index (χ2n) is 5.29. The Labute approximate surface area is 129 Å². The number of aryl methyl sites for hydroxylation is 1. The molecule has 0 aliphatic heterocycles. The molecule has 0 amide bonds. The number of hydrogen-bond donors (Lipinski definition) is 1. The maximum atomic E-state index is 14.0. The van der Waals surface area contributed by atoms with Crippen molar-refractivity contribution >= 4 is 16.6 Å². The van der Waals surface area contributed by atoms with Gasteiger partial charge in [0.25, 0.3) is 0 Å². The standard InChI is InChI=1S/C19H17FN2/c1-13-5-3-6-17(19(13)20)12-22-14(2)15-8-9-18-16(11-15)7-4-10-21-18/h3-11,22H,2,12H2,1H3. The van der Waals surface area contributed by atoms with Gasteiger partial charge in [-0.2, -0.15) is 0 Å². The van der Waals surface area contributed by atoms with E-state index in [2.05, 4.69) is 16.9 Å². The fraction of sp³-hybridized carbons (Fsp3) is 0.105. The van der Waals surface area contributed by atoms with Crippen molar-refractivity contribution in [3.05, 3.63) is 83.8 Å². The van der Waals surface area contributed by atoms with Crippen molar-refractivity contribution < 1.29 is 4.39 Å². The molecular formula is C19H17FN2. The Balaban J connectivity index is 1.77. The lowest BCUT2D eigenvalue weighted by molar-refractivity contribution is 0.596. The van der Waals surface area contributed by atoms with Crippen molar-refractivity contribution in [1.29, 1.82) is 0 Å². The van der Waals surface area contributed by atoms with Crippen LogP contribution in [0, 0.1) is 12.7 Å². The highest BCUT2D eigenvalue weighted by Crippen LogP contribution is 2.18. The average Bonchev–Trinajstić information content (AvgIpc) is 2.55. The van der Waals surface area contributed by atoms with E-state index < -0.39 is 0 Å². The number of rotatable bonds is 4. The van der Waals surface area contributed by atoms with Crippen molar-refractivity contribution in [1.82, 2.24) is 10.3 Å². The molecule has 0 spiro atoms. The third kappa shape index (κ3) is 2.84. The first-order valence-corrected chi connectivity index (χ1v) is 7.17. The fourth-order valence-electron chi connectivity index (χ4n) is 2.41. The summed E-state index contributed by atoms with van der Waals surface area (Å²) in [6.07, 6.45) is 1.77. The number of hydrogen-bond acceptors (Lipinski definition) is 2. The first-order valence-electron chi connectivity index (χ1n) is 7.17. The predicted molar refractivity (Wildman–Crippen MR) is 88.8 cm³/mol. The van der Waals surface area contributed by atoms with E-state index in [4.69, 9.17) is 0 Å². The lowest BCUT2D eigenvalue weighted by Crippen LogP contribution is -2.12. The zero-order chi connectivity index (χ0) is 15.5. The van der Waals surface area contributed by atoms with Gasteiger partial charge in [-0.05, 0) is 36.2 Å². The van der Waals surface area contributed by atoms with Gasteiger partial charge in [-0.1, -0.05) is 36.9 Å². The number of halogens is 1. The van der Waals surface area contributed by atoms with Crippen LogP contribution in [0.25, 0.3) is 16.6 Å². The molecule has 0 aliphatic carbocycles. The van der Waals surface area contributed by atoms with Gasteiger partial charge in [0.1, 0.15) is 5.82 Å². The van der Waals surface area contributed by atoms with E-state index in [0.717, 1.165) is 22.2 Å². The number of aromatic nitrogens is 1. The Morgan fingerprint density at radius 1 is 1.18 bits per heavy atom. The van der Waals surface area contributed by atoms with Crippen molar-refractivity contribution in [2.45, 2.75) is 13.5 Å². The molecule has 22 heavy (non-hydrogen) atoms. The lowest BCUT2D eigenvalue weighted by atomic mass is 10.1. The Hall–Kier alpha value is -2.68. The van der Waals surface area contributed by atoms with Crippen LogP contribution in [0.1, 0.15) is 16.7 Å². The van der Waals surface area contributed by atoms with E-state index >= 15 is 0 Å². The second-order valence-corrected chi connectivity index (χ2v) is 5.29. The molecule has 0 aliphatic rings. The molecule has 0 saturated heterocycles. The van der Waals surface area contributed by atoms with Crippen LogP contribution in [-0.2, 0) is 6.54 Å². The lowest BCUT2D eigenvalue weighted by Gasteiger charge is -2.12.